The molecule has 0 radical (unpaired) electrons. The molecule has 4 heterocycles. The van der Waals surface area contributed by atoms with E-state index >= 15 is 8.78 Å². The van der Waals surface area contributed by atoms with Gasteiger partial charge >= 0.3 is 0 Å². The minimum atomic E-state index is -3.78. The summed E-state index contributed by atoms with van der Waals surface area (Å²) < 4.78 is 56.8. The number of nitrogens with two attached hydrogens (primary N) is 1. The van der Waals surface area contributed by atoms with Crippen LogP contribution in [0.3, 0.4) is 0 Å². The maximum atomic E-state index is 15.9. The summed E-state index contributed by atoms with van der Waals surface area (Å²) in [7, 11) is 1.27. The molecule has 4 aromatic rings. The Kier molecular flexibility index (Phi) is 10.0. The van der Waals surface area contributed by atoms with Gasteiger partial charge in [-0.2, -0.15) is 0 Å². The van der Waals surface area contributed by atoms with E-state index < -0.39 is 59.9 Å². The highest BCUT2D eigenvalue weighted by Gasteiger charge is 2.57. The van der Waals surface area contributed by atoms with Crippen LogP contribution in [-0.2, 0) is 17.9 Å². The van der Waals surface area contributed by atoms with Gasteiger partial charge in [0.15, 0.2) is 17.3 Å². The first-order valence-corrected chi connectivity index (χ1v) is 16.6. The van der Waals surface area contributed by atoms with Crippen LogP contribution in [0.2, 0.25) is 0 Å². The van der Waals surface area contributed by atoms with Gasteiger partial charge in [0.05, 0.1) is 26.7 Å². The number of carbonyl (C=O) groups is 1. The molecule has 2 aromatic heterocycles. The van der Waals surface area contributed by atoms with Crippen LogP contribution in [0.15, 0.2) is 65.7 Å². The molecule has 2 aliphatic rings. The molecular weight excluding hydrogens is 667 g/mol. The van der Waals surface area contributed by atoms with Gasteiger partial charge in [-0.3, -0.25) is 19.1 Å². The summed E-state index contributed by atoms with van der Waals surface area (Å²) in [6, 6.07) is 15.0. The summed E-state index contributed by atoms with van der Waals surface area (Å²) in [5.41, 5.74) is 4.53. The Morgan fingerprint density at radius 1 is 1.08 bits per heavy atom. The van der Waals surface area contributed by atoms with Crippen LogP contribution in [0.1, 0.15) is 41.5 Å². The number of hydrogen-bond donors (Lipinski definition) is 2. The second kappa shape index (κ2) is 14.3. The quantitative estimate of drug-likeness (QED) is 0.261. The molecule has 3 atom stereocenters. The molecule has 0 spiro atoms. The first-order chi connectivity index (χ1) is 24.3. The van der Waals surface area contributed by atoms with Gasteiger partial charge in [0.25, 0.3) is 11.5 Å². The van der Waals surface area contributed by atoms with Gasteiger partial charge in [-0.15, -0.1) is 0 Å². The van der Waals surface area contributed by atoms with Crippen molar-refractivity contribution in [3.63, 3.8) is 0 Å². The lowest BCUT2D eigenvalue weighted by atomic mass is 9.78. The van der Waals surface area contributed by atoms with E-state index in [-0.39, 0.29) is 29.8 Å². The number of piperidine rings is 2. The van der Waals surface area contributed by atoms with E-state index in [9.17, 15) is 19.1 Å². The Labute approximate surface area is 292 Å². The number of ether oxygens (including phenoxy) is 2. The molecule has 6 rings (SSSR count). The second-order valence-corrected chi connectivity index (χ2v) is 13.3. The highest BCUT2D eigenvalue weighted by atomic mass is 19.3. The fourth-order valence-corrected chi connectivity index (χ4v) is 6.93. The number of aromatic nitrogens is 4. The Hall–Kier alpha value is -5.02. The molecule has 0 aliphatic carbocycles. The smallest absolute Gasteiger partial charge is 0.295 e. The molecule has 0 bridgehead atoms. The van der Waals surface area contributed by atoms with Crippen molar-refractivity contribution >= 4 is 11.6 Å². The first kappa shape index (κ1) is 35.8. The van der Waals surface area contributed by atoms with Crippen molar-refractivity contribution < 1.29 is 32.5 Å². The summed E-state index contributed by atoms with van der Waals surface area (Å²) in [6.45, 7) is 3.39. The molecule has 15 heteroatoms. The Morgan fingerprint density at radius 2 is 1.80 bits per heavy atom. The SMILES string of the molecule is COc1cc(Oc2ncn(C[C@@]3(O)CCN(C(=O)[C@@H]4CCN(Cc5nc(C)cc(C)n5)C[C@H]4c4ccccc4)CC3(F)F)c(=O)c2N)ccc1F. The molecule has 3 N–H and O–H groups in total. The van der Waals surface area contributed by atoms with E-state index in [1.165, 1.54) is 19.2 Å². The van der Waals surface area contributed by atoms with Gasteiger partial charge in [-0.25, -0.2) is 28.1 Å². The second-order valence-electron chi connectivity index (χ2n) is 13.3. The van der Waals surface area contributed by atoms with Gasteiger partial charge < -0.3 is 25.2 Å². The molecule has 2 aromatic carbocycles. The average Bonchev–Trinajstić information content (AvgIpc) is 3.09. The molecule has 270 valence electrons. The van der Waals surface area contributed by atoms with Gasteiger partial charge in [0.1, 0.15) is 23.5 Å². The van der Waals surface area contributed by atoms with E-state index in [0.29, 0.717) is 31.9 Å². The highest BCUT2D eigenvalue weighted by Crippen LogP contribution is 2.41. The lowest BCUT2D eigenvalue weighted by Crippen LogP contribution is -2.64. The average molecular weight is 708 g/mol. The molecule has 12 nitrogen and oxygen atoms in total. The number of likely N-dealkylation sites (tertiary alicyclic amines) is 2. The maximum absolute atomic E-state index is 15.9. The van der Waals surface area contributed by atoms with Crippen molar-refractivity contribution in [2.45, 2.75) is 57.2 Å². The van der Waals surface area contributed by atoms with Crippen LogP contribution in [0.4, 0.5) is 18.9 Å². The number of anilines is 1. The van der Waals surface area contributed by atoms with E-state index in [1.54, 1.807) is 0 Å². The van der Waals surface area contributed by atoms with E-state index in [4.69, 9.17) is 15.2 Å². The number of carbonyl (C=O) groups excluding carboxylic acids is 1. The Morgan fingerprint density at radius 3 is 2.49 bits per heavy atom. The number of methoxy groups -OCH3 is 1. The molecule has 51 heavy (non-hydrogen) atoms. The number of nitrogen functional groups attached to an aromatic ring is 1. The fraction of sp³-hybridized carbons (Fsp3) is 0.417. The lowest BCUT2D eigenvalue weighted by Gasteiger charge is -2.46. The van der Waals surface area contributed by atoms with Crippen LogP contribution >= 0.6 is 0 Å². The summed E-state index contributed by atoms with van der Waals surface area (Å²) in [5.74, 6) is -5.34. The number of aryl methyl sites for hydroxylation is 2. The van der Waals surface area contributed by atoms with Crippen molar-refractivity contribution in [1.29, 1.82) is 0 Å². The van der Waals surface area contributed by atoms with E-state index in [1.807, 2.05) is 50.2 Å². The Bertz CT molecular complexity index is 1940. The van der Waals surface area contributed by atoms with Gasteiger partial charge in [-0.1, -0.05) is 30.3 Å². The molecule has 0 unspecified atom stereocenters. The third-order valence-corrected chi connectivity index (χ3v) is 9.62. The minimum Gasteiger partial charge on any atom is -0.494 e. The van der Waals surface area contributed by atoms with Gasteiger partial charge in [-0.05, 0) is 50.6 Å². The van der Waals surface area contributed by atoms with Crippen molar-refractivity contribution in [1.82, 2.24) is 29.3 Å². The zero-order valence-corrected chi connectivity index (χ0v) is 28.6. The van der Waals surface area contributed by atoms with Crippen LogP contribution in [-0.4, -0.2) is 85.1 Å². The normalized spacial score (nSPS) is 22.1. The Balaban J connectivity index is 1.16. The van der Waals surface area contributed by atoms with Crippen LogP contribution in [0.25, 0.3) is 0 Å². The largest absolute Gasteiger partial charge is 0.494 e. The molecular formula is C36H40F3N7O5. The predicted molar refractivity (Wildman–Crippen MR) is 181 cm³/mol. The van der Waals surface area contributed by atoms with Crippen molar-refractivity contribution in [3.05, 3.63) is 99.9 Å². The number of nitrogens with zero attached hydrogens (tertiary/aromatic N) is 6. The highest BCUT2D eigenvalue weighted by molar-refractivity contribution is 5.80. The van der Waals surface area contributed by atoms with Crippen LogP contribution < -0.4 is 20.8 Å². The first-order valence-electron chi connectivity index (χ1n) is 16.6. The standard InChI is InChI=1S/C36H40F3N7O5/c1-22-15-23(2)43-30(42-22)18-44-13-11-26(27(17-44)24-7-5-4-6-8-24)33(47)45-14-12-35(49,36(38,39)20-45)19-46-21-41-32(31(40)34(46)48)51-25-9-10-28(37)29(16-25)50-3/h4-10,15-16,21,26-27,49H,11-14,17-20,40H2,1-3H3/t26-,27+,35+/m1/s1. The van der Waals surface area contributed by atoms with Crippen molar-refractivity contribution in [3.8, 4) is 17.4 Å². The summed E-state index contributed by atoms with van der Waals surface area (Å²) in [6.07, 6.45) is 0.890. The zero-order valence-electron chi connectivity index (χ0n) is 28.6. The van der Waals surface area contributed by atoms with Crippen molar-refractivity contribution in [2.75, 3.05) is 39.0 Å². The zero-order chi connectivity index (χ0) is 36.5. The van der Waals surface area contributed by atoms with Crippen LogP contribution in [0, 0.1) is 25.6 Å². The molecule has 2 aliphatic heterocycles. The molecule has 2 saturated heterocycles. The number of rotatable bonds is 9. The summed E-state index contributed by atoms with van der Waals surface area (Å²) in [4.78, 5) is 43.6. The van der Waals surface area contributed by atoms with Crippen molar-refractivity contribution in [2.24, 2.45) is 5.92 Å². The number of aliphatic hydroxyl groups is 1. The topological polar surface area (TPSA) is 149 Å². The number of benzene rings is 2. The van der Waals surface area contributed by atoms with Gasteiger partial charge in [0.2, 0.25) is 11.8 Å². The third-order valence-electron chi connectivity index (χ3n) is 9.62. The molecule has 2 fully saturated rings. The number of amides is 1. The van der Waals surface area contributed by atoms with E-state index in [2.05, 4.69) is 19.9 Å². The third kappa shape index (κ3) is 7.54. The summed E-state index contributed by atoms with van der Waals surface area (Å²) >= 11 is 0. The fourth-order valence-electron chi connectivity index (χ4n) is 6.93. The predicted octanol–water partition coefficient (Wildman–Crippen LogP) is 4.08. The van der Waals surface area contributed by atoms with E-state index in [0.717, 1.165) is 38.8 Å². The number of hydrogen-bond acceptors (Lipinski definition) is 10. The monoisotopic (exact) mass is 707 g/mol. The van der Waals surface area contributed by atoms with Gasteiger partial charge in [0, 0.05) is 48.8 Å². The lowest BCUT2D eigenvalue weighted by molar-refractivity contribution is -0.223. The summed E-state index contributed by atoms with van der Waals surface area (Å²) in [5, 5.41) is 11.3. The number of alkyl halides is 2. The molecule has 0 saturated carbocycles. The molecule has 1 amide bonds. The number of halogens is 3. The minimum absolute atomic E-state index is 0.0716. The maximum Gasteiger partial charge on any atom is 0.295 e. The van der Waals surface area contributed by atoms with Crippen LogP contribution in [0.5, 0.6) is 17.4 Å².